The summed E-state index contributed by atoms with van der Waals surface area (Å²) >= 11 is 6.44. The Kier molecular flexibility index (Phi) is 9.89. The third-order valence-corrected chi connectivity index (χ3v) is 13.8. The predicted molar refractivity (Wildman–Crippen MR) is 195 cm³/mol. The van der Waals surface area contributed by atoms with Crippen molar-refractivity contribution >= 4 is 39.2 Å². The Bertz CT molecular complexity index is 1790. The van der Waals surface area contributed by atoms with E-state index in [2.05, 4.69) is 15.7 Å². The lowest BCUT2D eigenvalue weighted by atomic mass is 9.60. The second-order valence-corrected chi connectivity index (χ2v) is 18.6. The van der Waals surface area contributed by atoms with Gasteiger partial charge in [0.25, 0.3) is 5.91 Å². The molecule has 1 unspecified atom stereocenters. The Morgan fingerprint density at radius 2 is 1.92 bits per heavy atom. The van der Waals surface area contributed by atoms with Crippen molar-refractivity contribution in [2.75, 3.05) is 24.6 Å². The van der Waals surface area contributed by atoms with Gasteiger partial charge < -0.3 is 19.5 Å². The molecule has 1 saturated carbocycles. The average molecular weight is 727 g/mol. The predicted octanol–water partition coefficient (Wildman–Crippen LogP) is 6.59. The van der Waals surface area contributed by atoms with Crippen molar-refractivity contribution in [3.63, 3.8) is 0 Å². The number of nitrogens with zero attached hydrogens (tertiary/aromatic N) is 1. The second kappa shape index (κ2) is 13.5. The summed E-state index contributed by atoms with van der Waals surface area (Å²) in [4.78, 5) is 29.3. The number of ether oxygens (including phenoxy) is 2. The zero-order chi connectivity index (χ0) is 36.2. The summed E-state index contributed by atoms with van der Waals surface area (Å²) in [5, 5.41) is 12.4. The molecule has 2 heterocycles. The van der Waals surface area contributed by atoms with Gasteiger partial charge in [-0.25, -0.2) is 13.1 Å². The molecule has 6 rings (SSSR count). The molecule has 50 heavy (non-hydrogen) atoms. The number of amides is 1. The minimum atomic E-state index is -4.05. The van der Waals surface area contributed by atoms with E-state index in [1.807, 2.05) is 32.9 Å². The highest BCUT2D eigenvalue weighted by atomic mass is 35.5. The Labute approximate surface area is 301 Å². The van der Waals surface area contributed by atoms with Crippen LogP contribution in [-0.4, -0.2) is 61.5 Å². The summed E-state index contributed by atoms with van der Waals surface area (Å²) in [5.41, 5.74) is 0.697. The number of aryl methyl sites for hydroxylation is 1. The first kappa shape index (κ1) is 36.7. The van der Waals surface area contributed by atoms with Gasteiger partial charge in [0.05, 0.1) is 29.1 Å². The Hall–Kier alpha value is -3.08. The van der Waals surface area contributed by atoms with Crippen LogP contribution >= 0.6 is 11.6 Å². The molecule has 2 N–H and O–H groups in total. The molecule has 1 spiro atoms. The lowest BCUT2D eigenvalue weighted by Crippen LogP contribution is -2.56. The summed E-state index contributed by atoms with van der Waals surface area (Å²) in [5.74, 6) is -2.07. The van der Waals surface area contributed by atoms with Crippen molar-refractivity contribution in [1.29, 1.82) is 0 Å². The SMILES string of the molecule is C[C@@H]1[C@@H](C)C/C=C/C(O)([C@@H](C)C(=O)OC(C)(C)C)[C@@H]2CC[C@H]2CN2C[C@@]3(CCCc4cc(Cl)ccc43)COc3ccc(cc32)C(=O)NS1(=O)=O. The van der Waals surface area contributed by atoms with Crippen molar-refractivity contribution in [2.45, 2.75) is 102 Å². The highest BCUT2D eigenvalue weighted by Crippen LogP contribution is 2.50. The van der Waals surface area contributed by atoms with Crippen LogP contribution in [0.4, 0.5) is 5.69 Å². The zero-order valence-electron chi connectivity index (χ0n) is 30.0. The largest absolute Gasteiger partial charge is 0.490 e. The molecule has 0 radical (unpaired) electrons. The monoisotopic (exact) mass is 726 g/mol. The molecule has 0 saturated heterocycles. The molecule has 1 amide bonds. The molecular formula is C39H51ClN2O7S. The molecule has 0 aromatic heterocycles. The van der Waals surface area contributed by atoms with Gasteiger partial charge in [-0.05, 0) is 132 Å². The number of nitrogens with one attached hydrogen (secondary N) is 1. The Morgan fingerprint density at radius 1 is 1.16 bits per heavy atom. The fourth-order valence-electron chi connectivity index (χ4n) is 8.35. The molecule has 2 aliphatic carbocycles. The first-order valence-corrected chi connectivity index (χ1v) is 19.8. The number of hydrogen-bond acceptors (Lipinski definition) is 8. The van der Waals surface area contributed by atoms with Crippen LogP contribution in [0.1, 0.15) is 95.1 Å². The molecule has 2 aromatic rings. The van der Waals surface area contributed by atoms with Crippen LogP contribution in [0.25, 0.3) is 0 Å². The first-order valence-electron chi connectivity index (χ1n) is 17.9. The van der Waals surface area contributed by atoms with Crippen LogP contribution < -0.4 is 14.4 Å². The van der Waals surface area contributed by atoms with Crippen molar-refractivity contribution in [1.82, 2.24) is 4.72 Å². The van der Waals surface area contributed by atoms with E-state index in [9.17, 15) is 23.1 Å². The molecule has 11 heteroatoms. The molecule has 2 bridgehead atoms. The van der Waals surface area contributed by atoms with Gasteiger partial charge in [-0.2, -0.15) is 0 Å². The molecule has 4 aliphatic rings. The van der Waals surface area contributed by atoms with Gasteiger partial charge in [-0.15, -0.1) is 0 Å². The highest BCUT2D eigenvalue weighted by Gasteiger charge is 2.52. The van der Waals surface area contributed by atoms with E-state index >= 15 is 0 Å². The highest BCUT2D eigenvalue weighted by molar-refractivity contribution is 7.90. The normalized spacial score (nSPS) is 32.2. The summed E-state index contributed by atoms with van der Waals surface area (Å²) in [6.07, 6.45) is 8.17. The van der Waals surface area contributed by atoms with Crippen LogP contribution in [0, 0.1) is 23.7 Å². The molecule has 2 aliphatic heterocycles. The number of sulfonamides is 1. The third-order valence-electron chi connectivity index (χ3n) is 11.6. The van der Waals surface area contributed by atoms with E-state index in [1.165, 1.54) is 11.1 Å². The maximum Gasteiger partial charge on any atom is 0.312 e. The van der Waals surface area contributed by atoms with E-state index in [0.29, 0.717) is 49.0 Å². The fraction of sp³-hybridized carbons (Fsp3) is 0.590. The average Bonchev–Trinajstić information content (AvgIpc) is 3.17. The minimum Gasteiger partial charge on any atom is -0.490 e. The quantitative estimate of drug-likeness (QED) is 0.263. The van der Waals surface area contributed by atoms with Gasteiger partial charge in [0.2, 0.25) is 10.0 Å². The van der Waals surface area contributed by atoms with E-state index in [-0.39, 0.29) is 28.7 Å². The third kappa shape index (κ3) is 7.04. The topological polar surface area (TPSA) is 122 Å². The van der Waals surface area contributed by atoms with Crippen LogP contribution in [-0.2, 0) is 31.4 Å². The Balaban J connectivity index is 1.46. The maximum absolute atomic E-state index is 13.5. The number of esters is 1. The molecule has 1 fully saturated rings. The molecular weight excluding hydrogens is 676 g/mol. The number of aliphatic hydroxyl groups is 1. The number of rotatable bonds is 2. The van der Waals surface area contributed by atoms with Crippen molar-refractivity contribution < 1.29 is 32.6 Å². The summed E-state index contributed by atoms with van der Waals surface area (Å²) in [6, 6.07) is 11.2. The van der Waals surface area contributed by atoms with Gasteiger partial charge in [0.1, 0.15) is 11.4 Å². The standard InChI is InChI=1S/C39H51ClN2O7S/c1-24-9-7-18-39(45,25(2)36(44)49-37(4,5)6)32-14-11-29(32)21-42-22-38(17-8-10-27-19-30(40)13-15-31(27)38)23-48-34-16-12-28(20-33(34)42)35(43)41-50(46,47)26(24)3/h7,12-13,15-16,18-20,24-26,29,32,45H,8-11,14,17,21-23H2,1-6H3,(H,41,43)/b18-7+/t24-,25-,26+,29-,32+,38-,39?/m0/s1. The zero-order valence-corrected chi connectivity index (χ0v) is 31.6. The van der Waals surface area contributed by atoms with Crippen LogP contribution in [0.15, 0.2) is 48.6 Å². The maximum atomic E-state index is 13.5. The number of carbonyl (C=O) groups excluding carboxylic acids is 2. The summed E-state index contributed by atoms with van der Waals surface area (Å²) in [6.45, 7) is 12.1. The first-order chi connectivity index (χ1) is 23.4. The number of fused-ring (bicyclic) bond motifs is 4. The van der Waals surface area contributed by atoms with Gasteiger partial charge >= 0.3 is 5.97 Å². The molecule has 2 aromatic carbocycles. The van der Waals surface area contributed by atoms with E-state index in [0.717, 1.165) is 25.7 Å². The molecule has 9 nitrogen and oxygen atoms in total. The number of hydrogen-bond donors (Lipinski definition) is 2. The fourth-order valence-corrected chi connectivity index (χ4v) is 9.83. The van der Waals surface area contributed by atoms with Gasteiger partial charge in [0, 0.05) is 29.1 Å². The van der Waals surface area contributed by atoms with E-state index in [4.69, 9.17) is 21.1 Å². The number of halogens is 1. The van der Waals surface area contributed by atoms with E-state index in [1.54, 1.807) is 51.1 Å². The van der Waals surface area contributed by atoms with Crippen LogP contribution in [0.3, 0.4) is 0 Å². The van der Waals surface area contributed by atoms with Crippen LogP contribution in [0.2, 0.25) is 5.02 Å². The lowest BCUT2D eigenvalue weighted by Gasteiger charge is -2.50. The molecule has 7 atom stereocenters. The number of carbonyl (C=O) groups is 2. The number of allylic oxidation sites excluding steroid dienone is 1. The minimum absolute atomic E-state index is 0.00734. The van der Waals surface area contributed by atoms with Crippen LogP contribution in [0.5, 0.6) is 5.75 Å². The van der Waals surface area contributed by atoms with Gasteiger partial charge in [-0.3, -0.25) is 9.59 Å². The summed E-state index contributed by atoms with van der Waals surface area (Å²) < 4.78 is 41.6. The number of benzene rings is 2. The number of anilines is 1. The lowest BCUT2D eigenvalue weighted by molar-refractivity contribution is -0.173. The molecule has 272 valence electrons. The van der Waals surface area contributed by atoms with Gasteiger partial charge in [0.15, 0.2) is 0 Å². The smallest absolute Gasteiger partial charge is 0.312 e. The van der Waals surface area contributed by atoms with E-state index < -0.39 is 44.3 Å². The summed E-state index contributed by atoms with van der Waals surface area (Å²) in [7, 11) is -4.05. The van der Waals surface area contributed by atoms with Gasteiger partial charge in [-0.1, -0.05) is 36.7 Å². The van der Waals surface area contributed by atoms with Crippen molar-refractivity contribution in [3.05, 3.63) is 70.3 Å². The van der Waals surface area contributed by atoms with Crippen molar-refractivity contribution in [3.8, 4) is 5.75 Å². The second-order valence-electron chi connectivity index (χ2n) is 16.2. The van der Waals surface area contributed by atoms with Crippen molar-refractivity contribution in [2.24, 2.45) is 23.7 Å². The Morgan fingerprint density at radius 3 is 2.62 bits per heavy atom.